The number of nitrogens with one attached hydrogen (secondary N) is 2. The number of carbonyl (C=O) groups excluding carboxylic acids is 1. The number of carbonyl (C=O) groups is 1. The predicted molar refractivity (Wildman–Crippen MR) is 61.2 cm³/mol. The van der Waals surface area contributed by atoms with E-state index in [1.807, 2.05) is 6.07 Å². The lowest BCUT2D eigenvalue weighted by Crippen LogP contribution is -2.41. The molecule has 2 N–H and O–H groups in total. The molecule has 0 aliphatic heterocycles. The zero-order chi connectivity index (χ0) is 11.2. The van der Waals surface area contributed by atoms with Gasteiger partial charge in [0.1, 0.15) is 0 Å². The van der Waals surface area contributed by atoms with Gasteiger partial charge in [-0.1, -0.05) is 12.8 Å². The Morgan fingerprint density at radius 1 is 1.44 bits per heavy atom. The molecule has 0 atom stereocenters. The molecule has 16 heavy (non-hydrogen) atoms. The van der Waals surface area contributed by atoms with Crippen molar-refractivity contribution in [2.45, 2.75) is 38.1 Å². The molecule has 2 amide bonds. The van der Waals surface area contributed by atoms with E-state index in [4.69, 9.17) is 4.42 Å². The molecular formula is C12H18N2O2. The largest absolute Gasteiger partial charge is 0.472 e. The average Bonchev–Trinajstić information content (AvgIpc) is 2.90. The highest BCUT2D eigenvalue weighted by atomic mass is 16.3. The standard InChI is InChI=1S/C12H18N2O2/c15-12(14-11-3-1-2-4-11)13-7-5-10-6-8-16-9-10/h6,8-9,11H,1-5,7H2,(H2,13,14,15). The fourth-order valence-electron chi connectivity index (χ4n) is 2.06. The molecule has 4 nitrogen and oxygen atoms in total. The minimum absolute atomic E-state index is 0.0459. The summed E-state index contributed by atoms with van der Waals surface area (Å²) in [6.45, 7) is 0.651. The van der Waals surface area contributed by atoms with Crippen molar-refractivity contribution >= 4 is 6.03 Å². The molecule has 4 heteroatoms. The van der Waals surface area contributed by atoms with Crippen LogP contribution in [0.2, 0.25) is 0 Å². The third kappa shape index (κ3) is 3.29. The normalized spacial score (nSPS) is 16.2. The van der Waals surface area contributed by atoms with Crippen molar-refractivity contribution in [3.63, 3.8) is 0 Å². The number of amides is 2. The molecule has 1 aliphatic rings. The van der Waals surface area contributed by atoms with Gasteiger partial charge in [-0.3, -0.25) is 0 Å². The van der Waals surface area contributed by atoms with Crippen LogP contribution in [0.1, 0.15) is 31.2 Å². The maximum absolute atomic E-state index is 11.5. The summed E-state index contributed by atoms with van der Waals surface area (Å²) in [7, 11) is 0. The van der Waals surface area contributed by atoms with E-state index in [9.17, 15) is 4.79 Å². The third-order valence-electron chi connectivity index (χ3n) is 2.97. The van der Waals surface area contributed by atoms with Gasteiger partial charge in [0.2, 0.25) is 0 Å². The van der Waals surface area contributed by atoms with E-state index in [1.165, 1.54) is 12.8 Å². The Labute approximate surface area is 95.4 Å². The van der Waals surface area contributed by atoms with Gasteiger partial charge in [-0.2, -0.15) is 0 Å². The molecule has 1 aromatic rings. The Morgan fingerprint density at radius 2 is 2.25 bits per heavy atom. The molecule has 0 bridgehead atoms. The predicted octanol–water partition coefficient (Wildman–Crippen LogP) is 2.06. The Morgan fingerprint density at radius 3 is 2.94 bits per heavy atom. The molecule has 0 spiro atoms. The molecule has 1 aromatic heterocycles. The van der Waals surface area contributed by atoms with Gasteiger partial charge in [0.25, 0.3) is 0 Å². The Bertz CT molecular complexity index is 316. The van der Waals surface area contributed by atoms with Crippen molar-refractivity contribution in [2.24, 2.45) is 0 Å². The summed E-state index contributed by atoms with van der Waals surface area (Å²) in [5, 5.41) is 5.84. The highest BCUT2D eigenvalue weighted by Crippen LogP contribution is 2.17. The van der Waals surface area contributed by atoms with E-state index in [2.05, 4.69) is 10.6 Å². The van der Waals surface area contributed by atoms with Gasteiger partial charge in [-0.25, -0.2) is 4.79 Å². The van der Waals surface area contributed by atoms with Crippen LogP contribution in [0.3, 0.4) is 0 Å². The van der Waals surface area contributed by atoms with Crippen LogP contribution in [0.4, 0.5) is 4.79 Å². The fourth-order valence-corrected chi connectivity index (χ4v) is 2.06. The summed E-state index contributed by atoms with van der Waals surface area (Å²) in [5.41, 5.74) is 1.11. The molecule has 0 aromatic carbocycles. The summed E-state index contributed by atoms with van der Waals surface area (Å²) in [6, 6.07) is 2.25. The minimum Gasteiger partial charge on any atom is -0.472 e. The van der Waals surface area contributed by atoms with Gasteiger partial charge in [0.15, 0.2) is 0 Å². The van der Waals surface area contributed by atoms with E-state index in [0.717, 1.165) is 24.8 Å². The minimum atomic E-state index is -0.0459. The second-order valence-corrected chi connectivity index (χ2v) is 4.26. The first kappa shape index (κ1) is 11.0. The summed E-state index contributed by atoms with van der Waals surface area (Å²) < 4.78 is 4.95. The monoisotopic (exact) mass is 222 g/mol. The Hall–Kier alpha value is -1.45. The van der Waals surface area contributed by atoms with Gasteiger partial charge in [-0.15, -0.1) is 0 Å². The van der Waals surface area contributed by atoms with Crippen LogP contribution in [0.5, 0.6) is 0 Å². The number of rotatable bonds is 4. The van der Waals surface area contributed by atoms with Crippen molar-refractivity contribution in [1.82, 2.24) is 10.6 Å². The quantitative estimate of drug-likeness (QED) is 0.819. The molecule has 2 rings (SSSR count). The van der Waals surface area contributed by atoms with E-state index >= 15 is 0 Å². The van der Waals surface area contributed by atoms with Crippen LogP contribution in [-0.2, 0) is 6.42 Å². The second kappa shape index (κ2) is 5.58. The van der Waals surface area contributed by atoms with Gasteiger partial charge < -0.3 is 15.1 Å². The van der Waals surface area contributed by atoms with Gasteiger partial charge in [0.05, 0.1) is 12.5 Å². The number of hydrogen-bond donors (Lipinski definition) is 2. The smallest absolute Gasteiger partial charge is 0.315 e. The second-order valence-electron chi connectivity index (χ2n) is 4.26. The third-order valence-corrected chi connectivity index (χ3v) is 2.97. The van der Waals surface area contributed by atoms with Crippen LogP contribution >= 0.6 is 0 Å². The van der Waals surface area contributed by atoms with Crippen molar-refractivity contribution < 1.29 is 9.21 Å². The van der Waals surface area contributed by atoms with Gasteiger partial charge >= 0.3 is 6.03 Å². The van der Waals surface area contributed by atoms with Crippen LogP contribution in [0.25, 0.3) is 0 Å². The molecule has 0 unspecified atom stereocenters. The molecule has 88 valence electrons. The summed E-state index contributed by atoms with van der Waals surface area (Å²) in [6.07, 6.45) is 8.88. The highest BCUT2D eigenvalue weighted by Gasteiger charge is 2.16. The maximum Gasteiger partial charge on any atom is 0.315 e. The number of hydrogen-bond acceptors (Lipinski definition) is 2. The topological polar surface area (TPSA) is 54.3 Å². The van der Waals surface area contributed by atoms with E-state index in [0.29, 0.717) is 12.6 Å². The molecular weight excluding hydrogens is 204 g/mol. The summed E-state index contributed by atoms with van der Waals surface area (Å²) in [4.78, 5) is 11.5. The van der Waals surface area contributed by atoms with Crippen LogP contribution < -0.4 is 10.6 Å². The first-order valence-electron chi connectivity index (χ1n) is 5.90. The molecule has 0 saturated heterocycles. The molecule has 1 heterocycles. The highest BCUT2D eigenvalue weighted by molar-refractivity contribution is 5.74. The number of furan rings is 1. The van der Waals surface area contributed by atoms with Crippen LogP contribution in [0, 0.1) is 0 Å². The van der Waals surface area contributed by atoms with E-state index in [-0.39, 0.29) is 6.03 Å². The van der Waals surface area contributed by atoms with Crippen molar-refractivity contribution in [1.29, 1.82) is 0 Å². The summed E-state index contributed by atoms with van der Waals surface area (Å²) >= 11 is 0. The zero-order valence-corrected chi connectivity index (χ0v) is 9.37. The van der Waals surface area contributed by atoms with Crippen LogP contribution in [0.15, 0.2) is 23.0 Å². The SMILES string of the molecule is O=C(NCCc1ccoc1)NC1CCCC1. The van der Waals surface area contributed by atoms with E-state index in [1.54, 1.807) is 12.5 Å². The van der Waals surface area contributed by atoms with Crippen LogP contribution in [-0.4, -0.2) is 18.6 Å². The van der Waals surface area contributed by atoms with Crippen molar-refractivity contribution in [3.8, 4) is 0 Å². The Kier molecular flexibility index (Phi) is 3.86. The average molecular weight is 222 g/mol. The Balaban J connectivity index is 1.60. The lowest BCUT2D eigenvalue weighted by molar-refractivity contribution is 0.237. The zero-order valence-electron chi connectivity index (χ0n) is 9.37. The van der Waals surface area contributed by atoms with Gasteiger partial charge in [-0.05, 0) is 30.9 Å². The first-order chi connectivity index (χ1) is 7.84. The van der Waals surface area contributed by atoms with Gasteiger partial charge in [0, 0.05) is 12.6 Å². The fraction of sp³-hybridized carbons (Fsp3) is 0.583. The molecule has 0 radical (unpaired) electrons. The molecule has 1 aliphatic carbocycles. The maximum atomic E-state index is 11.5. The lowest BCUT2D eigenvalue weighted by atomic mass is 10.2. The van der Waals surface area contributed by atoms with Crippen molar-refractivity contribution in [2.75, 3.05) is 6.54 Å². The number of urea groups is 1. The first-order valence-corrected chi connectivity index (χ1v) is 5.90. The lowest BCUT2D eigenvalue weighted by Gasteiger charge is -2.12. The van der Waals surface area contributed by atoms with Crippen molar-refractivity contribution in [3.05, 3.63) is 24.2 Å². The molecule has 1 fully saturated rings. The summed E-state index contributed by atoms with van der Waals surface area (Å²) in [5.74, 6) is 0. The molecule has 1 saturated carbocycles. The van der Waals surface area contributed by atoms with E-state index < -0.39 is 0 Å².